The van der Waals surface area contributed by atoms with E-state index in [2.05, 4.69) is 11.9 Å². The Morgan fingerprint density at radius 1 is 1.20 bits per heavy atom. The van der Waals surface area contributed by atoms with E-state index in [4.69, 9.17) is 0 Å². The van der Waals surface area contributed by atoms with E-state index >= 15 is 0 Å². The van der Waals surface area contributed by atoms with Gasteiger partial charge < -0.3 is 10.2 Å². The van der Waals surface area contributed by atoms with Crippen LogP contribution in [0.2, 0.25) is 0 Å². The molecule has 0 atom stereocenters. The summed E-state index contributed by atoms with van der Waals surface area (Å²) in [5.74, 6) is -0.444. The van der Waals surface area contributed by atoms with Crippen molar-refractivity contribution < 1.29 is 18.0 Å². The van der Waals surface area contributed by atoms with Crippen molar-refractivity contribution in [2.75, 3.05) is 32.5 Å². The van der Waals surface area contributed by atoms with Crippen molar-refractivity contribution in [3.63, 3.8) is 0 Å². The van der Waals surface area contributed by atoms with Crippen molar-refractivity contribution in [1.29, 1.82) is 0 Å². The van der Waals surface area contributed by atoms with E-state index in [0.29, 0.717) is 31.6 Å². The van der Waals surface area contributed by atoms with Crippen LogP contribution in [0.3, 0.4) is 0 Å². The standard InChI is InChI=1S/C17H23N3O4S/c1-4-16(21)18-14-5-7-15(8-6-14)25(23,24)20-11-9-13(10-12-20)17(22)19(2)3/h4-8,13H,1,9-12H2,2-3H3,(H,18,21). The van der Waals surface area contributed by atoms with Gasteiger partial charge in [-0.05, 0) is 43.2 Å². The van der Waals surface area contributed by atoms with E-state index in [1.807, 2.05) is 0 Å². The summed E-state index contributed by atoms with van der Waals surface area (Å²) in [4.78, 5) is 25.0. The molecular weight excluding hydrogens is 342 g/mol. The van der Waals surface area contributed by atoms with E-state index in [1.165, 1.54) is 28.6 Å². The van der Waals surface area contributed by atoms with E-state index in [1.54, 1.807) is 19.0 Å². The SMILES string of the molecule is C=CC(=O)Nc1ccc(S(=O)(=O)N2CCC(C(=O)N(C)C)CC2)cc1. The molecule has 0 bridgehead atoms. The number of nitrogens with zero attached hydrogens (tertiary/aromatic N) is 2. The van der Waals surface area contributed by atoms with Crippen LogP contribution in [0.15, 0.2) is 41.8 Å². The van der Waals surface area contributed by atoms with Gasteiger partial charge in [-0.25, -0.2) is 8.42 Å². The molecule has 1 aliphatic heterocycles. The molecule has 136 valence electrons. The molecule has 0 unspecified atom stereocenters. The fraction of sp³-hybridized carbons (Fsp3) is 0.412. The number of amides is 2. The predicted molar refractivity (Wildman–Crippen MR) is 95.4 cm³/mol. The number of carbonyl (C=O) groups is 2. The van der Waals surface area contributed by atoms with Crippen LogP contribution in [0.5, 0.6) is 0 Å². The Morgan fingerprint density at radius 3 is 2.24 bits per heavy atom. The van der Waals surface area contributed by atoms with Crippen LogP contribution in [0.4, 0.5) is 5.69 Å². The molecule has 25 heavy (non-hydrogen) atoms. The molecule has 1 aliphatic rings. The summed E-state index contributed by atoms with van der Waals surface area (Å²) in [6.07, 6.45) is 2.18. The first-order valence-electron chi connectivity index (χ1n) is 8.00. The number of piperidine rings is 1. The Morgan fingerprint density at radius 2 is 1.76 bits per heavy atom. The van der Waals surface area contributed by atoms with Gasteiger partial charge in [0.2, 0.25) is 21.8 Å². The highest BCUT2D eigenvalue weighted by Gasteiger charge is 2.32. The summed E-state index contributed by atoms with van der Waals surface area (Å²) < 4.78 is 26.8. The topological polar surface area (TPSA) is 86.8 Å². The molecule has 0 aromatic heterocycles. The van der Waals surface area contributed by atoms with E-state index in [0.717, 1.165) is 6.08 Å². The zero-order valence-corrected chi connectivity index (χ0v) is 15.3. The second-order valence-corrected chi connectivity index (χ2v) is 8.07. The lowest BCUT2D eigenvalue weighted by Gasteiger charge is -2.31. The smallest absolute Gasteiger partial charge is 0.247 e. The molecule has 0 spiro atoms. The molecule has 2 amide bonds. The summed E-state index contributed by atoms with van der Waals surface area (Å²) in [6.45, 7) is 4.00. The number of hydrogen-bond acceptors (Lipinski definition) is 4. The van der Waals surface area contributed by atoms with Gasteiger partial charge >= 0.3 is 0 Å². The molecule has 1 fully saturated rings. The Hall–Kier alpha value is -2.19. The zero-order chi connectivity index (χ0) is 18.6. The number of hydrogen-bond donors (Lipinski definition) is 1. The van der Waals surface area contributed by atoms with Crippen LogP contribution >= 0.6 is 0 Å². The van der Waals surface area contributed by atoms with E-state index in [9.17, 15) is 18.0 Å². The number of rotatable bonds is 5. The number of benzene rings is 1. The Balaban J connectivity index is 2.06. The minimum absolute atomic E-state index is 0.0411. The molecule has 1 aromatic carbocycles. The molecule has 1 heterocycles. The fourth-order valence-corrected chi connectivity index (χ4v) is 4.23. The summed E-state index contributed by atoms with van der Waals surface area (Å²) in [6, 6.07) is 6.00. The van der Waals surface area contributed by atoms with Crippen molar-refractivity contribution in [2.24, 2.45) is 5.92 Å². The molecule has 1 aromatic rings. The molecule has 2 rings (SSSR count). The lowest BCUT2D eigenvalue weighted by atomic mass is 9.97. The third-order valence-electron chi connectivity index (χ3n) is 4.19. The van der Waals surface area contributed by atoms with Gasteiger partial charge in [-0.2, -0.15) is 4.31 Å². The average molecular weight is 365 g/mol. The summed E-state index contributed by atoms with van der Waals surface area (Å²) in [7, 11) is -0.194. The molecule has 7 nitrogen and oxygen atoms in total. The van der Waals surface area contributed by atoms with Crippen molar-refractivity contribution in [2.45, 2.75) is 17.7 Å². The van der Waals surface area contributed by atoms with E-state index in [-0.39, 0.29) is 22.6 Å². The minimum Gasteiger partial charge on any atom is -0.349 e. The van der Waals surface area contributed by atoms with Crippen molar-refractivity contribution >= 4 is 27.5 Å². The van der Waals surface area contributed by atoms with Gasteiger partial charge in [-0.1, -0.05) is 6.58 Å². The third kappa shape index (κ3) is 4.46. The summed E-state index contributed by atoms with van der Waals surface area (Å²) >= 11 is 0. The maximum atomic E-state index is 12.7. The zero-order valence-electron chi connectivity index (χ0n) is 14.4. The van der Waals surface area contributed by atoms with Crippen LogP contribution in [0.25, 0.3) is 0 Å². The number of nitrogens with one attached hydrogen (secondary N) is 1. The van der Waals surface area contributed by atoms with Crippen molar-refractivity contribution in [3.05, 3.63) is 36.9 Å². The van der Waals surface area contributed by atoms with Gasteiger partial charge in [0.05, 0.1) is 4.90 Å². The third-order valence-corrected chi connectivity index (χ3v) is 6.10. The van der Waals surface area contributed by atoms with Gasteiger partial charge in [0.15, 0.2) is 0 Å². The highest BCUT2D eigenvalue weighted by atomic mass is 32.2. The van der Waals surface area contributed by atoms with Crippen molar-refractivity contribution in [1.82, 2.24) is 9.21 Å². The minimum atomic E-state index is -3.61. The molecule has 1 saturated heterocycles. The lowest BCUT2D eigenvalue weighted by Crippen LogP contribution is -2.42. The Bertz CT molecular complexity index is 749. The molecule has 8 heteroatoms. The van der Waals surface area contributed by atoms with Crippen LogP contribution in [-0.2, 0) is 19.6 Å². The Labute approximate surface area is 148 Å². The predicted octanol–water partition coefficient (Wildman–Crippen LogP) is 1.30. The Kier molecular flexibility index (Phi) is 5.97. The largest absolute Gasteiger partial charge is 0.349 e. The van der Waals surface area contributed by atoms with Gasteiger partial charge in [0, 0.05) is 38.8 Å². The first-order valence-corrected chi connectivity index (χ1v) is 9.44. The first kappa shape index (κ1) is 19.1. The second-order valence-electron chi connectivity index (χ2n) is 6.13. The average Bonchev–Trinajstić information content (AvgIpc) is 2.61. The number of sulfonamides is 1. The van der Waals surface area contributed by atoms with E-state index < -0.39 is 10.0 Å². The van der Waals surface area contributed by atoms with Crippen LogP contribution in [0, 0.1) is 5.92 Å². The molecular formula is C17H23N3O4S. The van der Waals surface area contributed by atoms with Crippen LogP contribution < -0.4 is 5.32 Å². The lowest BCUT2D eigenvalue weighted by molar-refractivity contribution is -0.134. The first-order chi connectivity index (χ1) is 11.8. The maximum Gasteiger partial charge on any atom is 0.247 e. The molecule has 0 radical (unpaired) electrons. The normalized spacial score (nSPS) is 16.2. The summed E-state index contributed by atoms with van der Waals surface area (Å²) in [5, 5.41) is 2.57. The van der Waals surface area contributed by atoms with Gasteiger partial charge in [-0.3, -0.25) is 9.59 Å². The quantitative estimate of drug-likeness (QED) is 0.797. The second kappa shape index (κ2) is 7.79. The van der Waals surface area contributed by atoms with Gasteiger partial charge in [-0.15, -0.1) is 0 Å². The highest BCUT2D eigenvalue weighted by molar-refractivity contribution is 7.89. The molecule has 1 N–H and O–H groups in total. The highest BCUT2D eigenvalue weighted by Crippen LogP contribution is 2.25. The maximum absolute atomic E-state index is 12.7. The van der Waals surface area contributed by atoms with Crippen LogP contribution in [0.1, 0.15) is 12.8 Å². The molecule has 0 aliphatic carbocycles. The van der Waals surface area contributed by atoms with Gasteiger partial charge in [0.1, 0.15) is 0 Å². The van der Waals surface area contributed by atoms with Crippen LogP contribution in [-0.4, -0.2) is 56.6 Å². The summed E-state index contributed by atoms with van der Waals surface area (Å²) in [5.41, 5.74) is 0.499. The monoisotopic (exact) mass is 365 g/mol. The number of anilines is 1. The van der Waals surface area contributed by atoms with Gasteiger partial charge in [0.25, 0.3) is 0 Å². The fourth-order valence-electron chi connectivity index (χ4n) is 2.76. The molecule has 0 saturated carbocycles. The number of carbonyl (C=O) groups excluding carboxylic acids is 2. The van der Waals surface area contributed by atoms with Crippen molar-refractivity contribution in [3.8, 4) is 0 Å².